The number of guanidine groups is 1. The van der Waals surface area contributed by atoms with Gasteiger partial charge in [-0.25, -0.2) is 0 Å². The van der Waals surface area contributed by atoms with E-state index >= 15 is 0 Å². The van der Waals surface area contributed by atoms with Crippen LogP contribution in [-0.4, -0.2) is 55.6 Å². The molecule has 0 unspecified atom stereocenters. The van der Waals surface area contributed by atoms with Gasteiger partial charge in [-0.05, 0) is 55.7 Å². The Labute approximate surface area is 157 Å². The van der Waals surface area contributed by atoms with Crippen LogP contribution in [0.5, 0.6) is 0 Å². The van der Waals surface area contributed by atoms with E-state index in [4.69, 9.17) is 4.99 Å². The predicted octanol–water partition coefficient (Wildman–Crippen LogP) is 3.13. The molecule has 0 radical (unpaired) electrons. The molecule has 1 aromatic carbocycles. The highest BCUT2D eigenvalue weighted by molar-refractivity contribution is 7.98. The van der Waals surface area contributed by atoms with Crippen LogP contribution in [0.15, 0.2) is 29.3 Å². The van der Waals surface area contributed by atoms with Gasteiger partial charge in [-0.3, -0.25) is 9.89 Å². The second-order valence-corrected chi connectivity index (χ2v) is 7.52. The van der Waals surface area contributed by atoms with Crippen LogP contribution in [0.2, 0.25) is 0 Å². The molecule has 0 aromatic heterocycles. The number of hydrogen-bond donors (Lipinski definition) is 2. The van der Waals surface area contributed by atoms with Gasteiger partial charge in [0.2, 0.25) is 0 Å². The van der Waals surface area contributed by atoms with Crippen LogP contribution < -0.4 is 10.6 Å². The Balaban J connectivity index is 1.66. The molecular weight excluding hydrogens is 328 g/mol. The minimum absolute atomic E-state index is 0.887. The number of nitrogens with zero attached hydrogens (tertiary/aromatic N) is 2. The van der Waals surface area contributed by atoms with Crippen LogP contribution >= 0.6 is 11.8 Å². The van der Waals surface area contributed by atoms with Crippen molar-refractivity contribution in [3.05, 3.63) is 35.4 Å². The fraction of sp³-hybridized carbons (Fsp3) is 0.650. The van der Waals surface area contributed by atoms with E-state index < -0.39 is 0 Å². The minimum Gasteiger partial charge on any atom is -0.357 e. The van der Waals surface area contributed by atoms with Gasteiger partial charge in [0.15, 0.2) is 5.96 Å². The highest BCUT2D eigenvalue weighted by Gasteiger charge is 2.14. The molecule has 2 rings (SSSR count). The summed E-state index contributed by atoms with van der Waals surface area (Å²) in [4.78, 5) is 7.28. The zero-order valence-electron chi connectivity index (χ0n) is 15.9. The van der Waals surface area contributed by atoms with Crippen molar-refractivity contribution < 1.29 is 0 Å². The average Bonchev–Trinajstić information content (AvgIpc) is 2.64. The third kappa shape index (κ3) is 7.70. The fourth-order valence-electron chi connectivity index (χ4n) is 3.15. The van der Waals surface area contributed by atoms with E-state index in [0.29, 0.717) is 0 Å². The molecule has 1 aliphatic heterocycles. The van der Waals surface area contributed by atoms with E-state index in [0.717, 1.165) is 45.1 Å². The van der Waals surface area contributed by atoms with E-state index in [1.54, 1.807) is 0 Å². The molecule has 25 heavy (non-hydrogen) atoms. The topological polar surface area (TPSA) is 39.7 Å². The SMILES string of the molecule is CCNC(=NCCCN1CCc2ccccc2C1)NCCCCSC. The maximum Gasteiger partial charge on any atom is 0.191 e. The summed E-state index contributed by atoms with van der Waals surface area (Å²) in [5.74, 6) is 2.21. The molecular formula is C20H34N4S. The predicted molar refractivity (Wildman–Crippen MR) is 112 cm³/mol. The first-order valence-corrected chi connectivity index (χ1v) is 11.0. The molecule has 0 spiro atoms. The summed E-state index contributed by atoms with van der Waals surface area (Å²) in [6.07, 6.45) is 6.94. The van der Waals surface area contributed by atoms with Crippen LogP contribution in [0.25, 0.3) is 0 Å². The lowest BCUT2D eigenvalue weighted by molar-refractivity contribution is 0.252. The molecule has 0 saturated carbocycles. The largest absolute Gasteiger partial charge is 0.357 e. The Hall–Kier alpha value is -1.20. The van der Waals surface area contributed by atoms with Gasteiger partial charge >= 0.3 is 0 Å². The van der Waals surface area contributed by atoms with Crippen molar-refractivity contribution in [2.45, 2.75) is 39.2 Å². The molecule has 1 heterocycles. The van der Waals surface area contributed by atoms with Crippen molar-refractivity contribution in [2.75, 3.05) is 44.7 Å². The molecule has 1 aliphatic rings. The van der Waals surface area contributed by atoms with Gasteiger partial charge in [-0.2, -0.15) is 11.8 Å². The summed E-state index contributed by atoms with van der Waals surface area (Å²) in [6, 6.07) is 8.84. The lowest BCUT2D eigenvalue weighted by atomic mass is 10.00. The standard InChI is InChI=1S/C20H34N4S/c1-3-21-20(22-12-6-7-16-25-2)23-13-8-14-24-15-11-18-9-4-5-10-19(18)17-24/h4-5,9-10H,3,6-8,11-17H2,1-2H3,(H2,21,22,23). The Kier molecular flexibility index (Phi) is 9.82. The number of thioether (sulfide) groups is 1. The summed E-state index contributed by atoms with van der Waals surface area (Å²) in [7, 11) is 0. The van der Waals surface area contributed by atoms with Crippen LogP contribution in [0, 0.1) is 0 Å². The highest BCUT2D eigenvalue weighted by Crippen LogP contribution is 2.18. The molecule has 4 nitrogen and oxygen atoms in total. The second-order valence-electron chi connectivity index (χ2n) is 6.54. The fourth-order valence-corrected chi connectivity index (χ4v) is 3.64. The zero-order valence-corrected chi connectivity index (χ0v) is 16.7. The van der Waals surface area contributed by atoms with E-state index in [9.17, 15) is 0 Å². The number of hydrogen-bond acceptors (Lipinski definition) is 3. The molecule has 2 N–H and O–H groups in total. The van der Waals surface area contributed by atoms with Crippen molar-refractivity contribution >= 4 is 17.7 Å². The van der Waals surface area contributed by atoms with Crippen LogP contribution in [0.4, 0.5) is 0 Å². The summed E-state index contributed by atoms with van der Waals surface area (Å²) >= 11 is 1.92. The van der Waals surface area contributed by atoms with Crippen molar-refractivity contribution in [3.63, 3.8) is 0 Å². The third-order valence-corrected chi connectivity index (χ3v) is 5.22. The molecule has 0 bridgehead atoms. The van der Waals surface area contributed by atoms with E-state index in [-0.39, 0.29) is 0 Å². The Morgan fingerprint density at radius 3 is 2.80 bits per heavy atom. The molecule has 0 fully saturated rings. The molecule has 5 heteroatoms. The number of aliphatic imine (C=N–C) groups is 1. The smallest absolute Gasteiger partial charge is 0.191 e. The Bertz CT molecular complexity index is 518. The average molecular weight is 363 g/mol. The number of benzene rings is 1. The maximum atomic E-state index is 4.72. The molecule has 140 valence electrons. The first kappa shape index (κ1) is 20.1. The molecule has 0 atom stereocenters. The highest BCUT2D eigenvalue weighted by atomic mass is 32.2. The molecule has 0 amide bonds. The monoisotopic (exact) mass is 362 g/mol. The van der Waals surface area contributed by atoms with E-state index in [1.165, 1.54) is 42.7 Å². The number of fused-ring (bicyclic) bond motifs is 1. The number of rotatable bonds is 10. The van der Waals surface area contributed by atoms with Crippen LogP contribution in [-0.2, 0) is 13.0 Å². The van der Waals surface area contributed by atoms with Gasteiger partial charge in [0.05, 0.1) is 0 Å². The number of nitrogens with one attached hydrogen (secondary N) is 2. The normalized spacial score (nSPS) is 15.0. The molecule has 0 aliphatic carbocycles. The van der Waals surface area contributed by atoms with Gasteiger partial charge in [0.25, 0.3) is 0 Å². The summed E-state index contributed by atoms with van der Waals surface area (Å²) in [5, 5.41) is 6.79. The van der Waals surface area contributed by atoms with Crippen molar-refractivity contribution in [1.82, 2.24) is 15.5 Å². The Morgan fingerprint density at radius 2 is 2.00 bits per heavy atom. The Morgan fingerprint density at radius 1 is 1.16 bits per heavy atom. The van der Waals surface area contributed by atoms with Crippen LogP contribution in [0.3, 0.4) is 0 Å². The van der Waals surface area contributed by atoms with Gasteiger partial charge in [0.1, 0.15) is 0 Å². The second kappa shape index (κ2) is 12.2. The first-order valence-electron chi connectivity index (χ1n) is 9.63. The van der Waals surface area contributed by atoms with Crippen molar-refractivity contribution in [3.8, 4) is 0 Å². The first-order chi connectivity index (χ1) is 12.3. The third-order valence-electron chi connectivity index (χ3n) is 4.52. The van der Waals surface area contributed by atoms with Gasteiger partial charge in [0, 0.05) is 39.3 Å². The summed E-state index contributed by atoms with van der Waals surface area (Å²) < 4.78 is 0. The summed E-state index contributed by atoms with van der Waals surface area (Å²) in [5.41, 5.74) is 3.02. The maximum absolute atomic E-state index is 4.72. The van der Waals surface area contributed by atoms with Gasteiger partial charge in [-0.15, -0.1) is 0 Å². The quantitative estimate of drug-likeness (QED) is 0.381. The van der Waals surface area contributed by atoms with Crippen molar-refractivity contribution in [2.24, 2.45) is 4.99 Å². The summed E-state index contributed by atoms with van der Waals surface area (Å²) in [6.45, 7) is 8.33. The lowest BCUT2D eigenvalue weighted by Gasteiger charge is -2.28. The minimum atomic E-state index is 0.887. The van der Waals surface area contributed by atoms with Gasteiger partial charge < -0.3 is 10.6 Å². The van der Waals surface area contributed by atoms with E-state index in [2.05, 4.69) is 53.0 Å². The van der Waals surface area contributed by atoms with Gasteiger partial charge in [-0.1, -0.05) is 24.3 Å². The lowest BCUT2D eigenvalue weighted by Crippen LogP contribution is -2.38. The number of unbranched alkanes of at least 4 members (excludes halogenated alkanes) is 1. The van der Waals surface area contributed by atoms with Crippen molar-refractivity contribution in [1.29, 1.82) is 0 Å². The zero-order chi connectivity index (χ0) is 17.7. The molecule has 1 aromatic rings. The molecule has 0 saturated heterocycles. The van der Waals surface area contributed by atoms with E-state index in [1.807, 2.05) is 11.8 Å². The van der Waals surface area contributed by atoms with Crippen LogP contribution in [0.1, 0.15) is 37.3 Å².